The number of hydrogen-bond donors (Lipinski definition) is 1. The van der Waals surface area contributed by atoms with Crippen LogP contribution >= 0.6 is 0 Å². The Morgan fingerprint density at radius 3 is 2.79 bits per heavy atom. The molecule has 0 aliphatic heterocycles. The van der Waals surface area contributed by atoms with E-state index >= 15 is 0 Å². The average Bonchev–Trinajstić information content (AvgIpc) is 2.37. The zero-order valence-corrected chi connectivity index (χ0v) is 11.5. The fourth-order valence-corrected chi connectivity index (χ4v) is 2.65. The van der Waals surface area contributed by atoms with Crippen molar-refractivity contribution in [2.24, 2.45) is 0 Å². The minimum absolute atomic E-state index is 0.132. The molecule has 0 aliphatic rings. The van der Waals surface area contributed by atoms with Crippen molar-refractivity contribution in [3.8, 4) is 6.07 Å². The monoisotopic (exact) mass is 286 g/mol. The predicted octanol–water partition coefficient (Wildman–Crippen LogP) is 1.15. The molecule has 1 N–H and O–H groups in total. The van der Waals surface area contributed by atoms with E-state index in [-0.39, 0.29) is 23.4 Å². The van der Waals surface area contributed by atoms with Crippen LogP contribution in [0.2, 0.25) is 0 Å². The normalized spacial score (nSPS) is 12.9. The second-order valence-electron chi connectivity index (χ2n) is 4.07. The molecule has 0 heterocycles. The van der Waals surface area contributed by atoms with E-state index in [1.807, 2.05) is 6.07 Å². The molecule has 0 bridgehead atoms. The molecule has 0 fully saturated rings. The molecule has 7 heteroatoms. The van der Waals surface area contributed by atoms with Gasteiger partial charge in [0.25, 0.3) is 0 Å². The first-order valence-electron chi connectivity index (χ1n) is 5.56. The molecule has 5 nitrogen and oxygen atoms in total. The average molecular weight is 286 g/mol. The number of halogens is 1. The number of ether oxygens (including phenoxy) is 1. The van der Waals surface area contributed by atoms with Gasteiger partial charge in [-0.2, -0.15) is 5.26 Å². The third kappa shape index (κ3) is 4.95. The highest BCUT2D eigenvalue weighted by molar-refractivity contribution is 7.89. The Kier molecular flexibility index (Phi) is 5.42. The third-order valence-corrected chi connectivity index (χ3v) is 4.01. The van der Waals surface area contributed by atoms with E-state index < -0.39 is 21.9 Å². The Morgan fingerprint density at radius 2 is 2.21 bits per heavy atom. The van der Waals surface area contributed by atoms with Crippen molar-refractivity contribution in [1.29, 1.82) is 5.26 Å². The molecular formula is C12H15FN2O3S. The zero-order chi connectivity index (χ0) is 14.5. The number of nitrogens with zero attached hydrogens (tertiary/aromatic N) is 1. The topological polar surface area (TPSA) is 79.2 Å². The first-order chi connectivity index (χ1) is 8.88. The van der Waals surface area contributed by atoms with Gasteiger partial charge in [0.2, 0.25) is 10.0 Å². The molecule has 0 saturated carbocycles. The highest BCUT2D eigenvalue weighted by Gasteiger charge is 2.15. The molecule has 0 amide bonds. The van der Waals surface area contributed by atoms with Crippen LogP contribution in [-0.2, 0) is 21.3 Å². The first kappa shape index (κ1) is 15.6. The SMILES string of the molecule is CO[C@H](C)CS(=O)(=O)NCc1cc(C#N)ccc1F. The maximum Gasteiger partial charge on any atom is 0.214 e. The third-order valence-electron chi connectivity index (χ3n) is 2.51. The maximum absolute atomic E-state index is 13.4. The van der Waals surface area contributed by atoms with Crippen molar-refractivity contribution in [3.05, 3.63) is 35.1 Å². The Balaban J connectivity index is 2.74. The number of hydrogen-bond acceptors (Lipinski definition) is 4. The quantitative estimate of drug-likeness (QED) is 0.851. The van der Waals surface area contributed by atoms with Crippen LogP contribution in [0.3, 0.4) is 0 Å². The standard InChI is InChI=1S/C12H15FN2O3S/c1-9(18-2)8-19(16,17)15-7-11-5-10(6-14)3-4-12(11)13/h3-5,9,15H,7-8H2,1-2H3/t9-/m1/s1. The molecular weight excluding hydrogens is 271 g/mol. The first-order valence-corrected chi connectivity index (χ1v) is 7.22. The summed E-state index contributed by atoms with van der Waals surface area (Å²) in [6, 6.07) is 5.66. The second-order valence-corrected chi connectivity index (χ2v) is 5.92. The number of benzene rings is 1. The molecule has 1 aromatic rings. The van der Waals surface area contributed by atoms with E-state index in [0.717, 1.165) is 6.07 Å². The maximum atomic E-state index is 13.4. The van der Waals surface area contributed by atoms with Crippen molar-refractivity contribution < 1.29 is 17.5 Å². The largest absolute Gasteiger partial charge is 0.381 e. The minimum atomic E-state index is -3.55. The Hall–Kier alpha value is -1.49. The fraction of sp³-hybridized carbons (Fsp3) is 0.417. The smallest absolute Gasteiger partial charge is 0.214 e. The van der Waals surface area contributed by atoms with Gasteiger partial charge in [-0.1, -0.05) is 0 Å². The summed E-state index contributed by atoms with van der Waals surface area (Å²) in [6.07, 6.45) is -0.451. The van der Waals surface area contributed by atoms with Gasteiger partial charge in [-0.05, 0) is 25.1 Å². The summed E-state index contributed by atoms with van der Waals surface area (Å²) in [5.41, 5.74) is 0.411. The molecule has 1 rings (SSSR count). The van der Waals surface area contributed by atoms with Crippen molar-refractivity contribution in [1.82, 2.24) is 4.72 Å². The molecule has 0 aromatic heterocycles. The molecule has 0 aliphatic carbocycles. The van der Waals surface area contributed by atoms with Crippen molar-refractivity contribution in [2.45, 2.75) is 19.6 Å². The Bertz CT molecular complexity index is 581. The zero-order valence-electron chi connectivity index (χ0n) is 10.7. The van der Waals surface area contributed by atoms with Gasteiger partial charge in [0.1, 0.15) is 5.82 Å². The molecule has 0 unspecified atom stereocenters. The van der Waals surface area contributed by atoms with Crippen LogP contribution < -0.4 is 4.72 Å². The lowest BCUT2D eigenvalue weighted by Gasteiger charge is -2.11. The van der Waals surface area contributed by atoms with Gasteiger partial charge < -0.3 is 4.74 Å². The van der Waals surface area contributed by atoms with Crippen molar-refractivity contribution in [3.63, 3.8) is 0 Å². The lowest BCUT2D eigenvalue weighted by atomic mass is 10.1. The molecule has 1 atom stereocenters. The van der Waals surface area contributed by atoms with E-state index in [1.165, 1.54) is 19.2 Å². The second kappa shape index (κ2) is 6.61. The van der Waals surface area contributed by atoms with Gasteiger partial charge in [0, 0.05) is 19.2 Å². The van der Waals surface area contributed by atoms with Crippen molar-refractivity contribution in [2.75, 3.05) is 12.9 Å². The summed E-state index contributed by atoms with van der Waals surface area (Å²) < 4.78 is 43.9. The van der Waals surface area contributed by atoms with E-state index in [2.05, 4.69) is 4.72 Å². The van der Waals surface area contributed by atoms with Crippen LogP contribution in [0, 0.1) is 17.1 Å². The van der Waals surface area contributed by atoms with Gasteiger partial charge in [0.05, 0.1) is 23.5 Å². The Morgan fingerprint density at radius 1 is 1.53 bits per heavy atom. The molecule has 104 valence electrons. The van der Waals surface area contributed by atoms with E-state index in [4.69, 9.17) is 10.00 Å². The van der Waals surface area contributed by atoms with Crippen LogP contribution in [-0.4, -0.2) is 27.4 Å². The van der Waals surface area contributed by atoms with E-state index in [9.17, 15) is 12.8 Å². The minimum Gasteiger partial charge on any atom is -0.381 e. The number of rotatable bonds is 6. The summed E-state index contributed by atoms with van der Waals surface area (Å²) in [4.78, 5) is 0. The van der Waals surface area contributed by atoms with Crippen LogP contribution in [0.1, 0.15) is 18.1 Å². The summed E-state index contributed by atoms with van der Waals surface area (Å²) in [5, 5.41) is 8.70. The van der Waals surface area contributed by atoms with Gasteiger partial charge >= 0.3 is 0 Å². The highest BCUT2D eigenvalue weighted by atomic mass is 32.2. The summed E-state index contributed by atoms with van der Waals surface area (Å²) in [6.45, 7) is 1.43. The lowest BCUT2D eigenvalue weighted by Crippen LogP contribution is -2.31. The van der Waals surface area contributed by atoms with Crippen LogP contribution in [0.4, 0.5) is 4.39 Å². The van der Waals surface area contributed by atoms with Crippen molar-refractivity contribution >= 4 is 10.0 Å². The summed E-state index contributed by atoms with van der Waals surface area (Å²) in [5.74, 6) is -0.759. The number of sulfonamides is 1. The van der Waals surface area contributed by atoms with Gasteiger partial charge in [0.15, 0.2) is 0 Å². The van der Waals surface area contributed by atoms with E-state index in [1.54, 1.807) is 6.92 Å². The number of nitriles is 1. The molecule has 0 radical (unpaired) electrons. The van der Waals surface area contributed by atoms with E-state index in [0.29, 0.717) is 0 Å². The van der Waals surface area contributed by atoms with Gasteiger partial charge in [-0.15, -0.1) is 0 Å². The molecule has 19 heavy (non-hydrogen) atoms. The number of nitrogens with one attached hydrogen (secondary N) is 1. The highest BCUT2D eigenvalue weighted by Crippen LogP contribution is 2.10. The van der Waals surface area contributed by atoms with Crippen LogP contribution in [0.15, 0.2) is 18.2 Å². The predicted molar refractivity (Wildman–Crippen MR) is 68.2 cm³/mol. The molecule has 1 aromatic carbocycles. The Labute approximate surface area is 112 Å². The number of methoxy groups -OCH3 is 1. The summed E-state index contributed by atoms with van der Waals surface area (Å²) in [7, 11) is -2.14. The molecule has 0 spiro atoms. The van der Waals surface area contributed by atoms with Crippen LogP contribution in [0.5, 0.6) is 0 Å². The fourth-order valence-electron chi connectivity index (χ4n) is 1.40. The van der Waals surface area contributed by atoms with Gasteiger partial charge in [-0.25, -0.2) is 17.5 Å². The van der Waals surface area contributed by atoms with Crippen LogP contribution in [0.25, 0.3) is 0 Å². The van der Waals surface area contributed by atoms with Gasteiger partial charge in [-0.3, -0.25) is 0 Å². The molecule has 0 saturated heterocycles. The summed E-state index contributed by atoms with van der Waals surface area (Å²) >= 11 is 0. The lowest BCUT2D eigenvalue weighted by molar-refractivity contribution is 0.136.